The lowest BCUT2D eigenvalue weighted by atomic mass is 10.0. The second-order valence-corrected chi connectivity index (χ2v) is 4.50. The number of nitrogens with two attached hydrogens (primary N) is 1. The lowest BCUT2D eigenvalue weighted by Gasteiger charge is -2.30. The quantitative estimate of drug-likeness (QED) is 0.777. The first kappa shape index (κ1) is 11.1. The molecule has 0 saturated carbocycles. The fourth-order valence-corrected chi connectivity index (χ4v) is 1.98. The first-order chi connectivity index (χ1) is 7.66. The fraction of sp³-hybridized carbons (Fsp3) is 0.462. The number of aryl methyl sites for hydroxylation is 1. The van der Waals surface area contributed by atoms with Gasteiger partial charge in [0.25, 0.3) is 5.91 Å². The molecule has 1 aliphatic heterocycles. The molecular formula is C13H18N2O. The van der Waals surface area contributed by atoms with Gasteiger partial charge in [0, 0.05) is 24.7 Å². The minimum Gasteiger partial charge on any atom is -0.339 e. The van der Waals surface area contributed by atoms with Crippen LogP contribution in [0.5, 0.6) is 0 Å². The molecule has 1 aromatic rings. The van der Waals surface area contributed by atoms with E-state index in [1.54, 1.807) is 0 Å². The van der Waals surface area contributed by atoms with Crippen molar-refractivity contribution in [2.45, 2.75) is 25.8 Å². The Kier molecular flexibility index (Phi) is 3.25. The van der Waals surface area contributed by atoms with E-state index in [2.05, 4.69) is 0 Å². The van der Waals surface area contributed by atoms with Gasteiger partial charge in [-0.1, -0.05) is 17.7 Å². The van der Waals surface area contributed by atoms with Crippen molar-refractivity contribution < 1.29 is 4.79 Å². The molecule has 1 heterocycles. The molecule has 0 spiro atoms. The van der Waals surface area contributed by atoms with Crippen molar-refractivity contribution in [3.8, 4) is 0 Å². The highest BCUT2D eigenvalue weighted by molar-refractivity contribution is 5.94. The van der Waals surface area contributed by atoms with Crippen LogP contribution in [-0.4, -0.2) is 29.9 Å². The lowest BCUT2D eigenvalue weighted by Crippen LogP contribution is -2.42. The van der Waals surface area contributed by atoms with E-state index in [1.165, 1.54) is 5.56 Å². The number of amides is 1. The largest absolute Gasteiger partial charge is 0.339 e. The van der Waals surface area contributed by atoms with Crippen molar-refractivity contribution in [1.82, 2.24) is 4.90 Å². The zero-order valence-electron chi connectivity index (χ0n) is 9.65. The van der Waals surface area contributed by atoms with Gasteiger partial charge in [0.05, 0.1) is 0 Å². The standard InChI is InChI=1S/C13H18N2O/c1-10-2-4-11(5-3-10)13(16)15-8-6-12(14)7-9-15/h2-5,12H,6-9,14H2,1H3. The second kappa shape index (κ2) is 4.66. The molecule has 0 radical (unpaired) electrons. The van der Waals surface area contributed by atoms with Gasteiger partial charge < -0.3 is 10.6 Å². The van der Waals surface area contributed by atoms with Crippen LogP contribution in [0.25, 0.3) is 0 Å². The number of carbonyl (C=O) groups excluding carboxylic acids is 1. The number of carbonyl (C=O) groups is 1. The lowest BCUT2D eigenvalue weighted by molar-refractivity contribution is 0.0715. The van der Waals surface area contributed by atoms with E-state index in [4.69, 9.17) is 5.73 Å². The number of benzene rings is 1. The maximum Gasteiger partial charge on any atom is 0.253 e. The molecule has 86 valence electrons. The van der Waals surface area contributed by atoms with Crippen LogP contribution >= 0.6 is 0 Å². The van der Waals surface area contributed by atoms with Gasteiger partial charge in [-0.2, -0.15) is 0 Å². The summed E-state index contributed by atoms with van der Waals surface area (Å²) in [7, 11) is 0. The molecule has 0 aromatic heterocycles. The Hall–Kier alpha value is -1.35. The maximum absolute atomic E-state index is 12.1. The van der Waals surface area contributed by atoms with Gasteiger partial charge in [0.1, 0.15) is 0 Å². The Morgan fingerprint density at radius 3 is 2.38 bits per heavy atom. The zero-order chi connectivity index (χ0) is 11.5. The summed E-state index contributed by atoms with van der Waals surface area (Å²) in [5.74, 6) is 0.131. The predicted octanol–water partition coefficient (Wildman–Crippen LogP) is 1.56. The summed E-state index contributed by atoms with van der Waals surface area (Å²) >= 11 is 0. The second-order valence-electron chi connectivity index (χ2n) is 4.50. The van der Waals surface area contributed by atoms with Crippen LogP contribution in [0, 0.1) is 6.92 Å². The third kappa shape index (κ3) is 2.42. The van der Waals surface area contributed by atoms with Crippen LogP contribution in [0.1, 0.15) is 28.8 Å². The summed E-state index contributed by atoms with van der Waals surface area (Å²) in [5.41, 5.74) is 7.77. The van der Waals surface area contributed by atoms with Crippen molar-refractivity contribution in [2.24, 2.45) is 5.73 Å². The van der Waals surface area contributed by atoms with E-state index in [-0.39, 0.29) is 11.9 Å². The van der Waals surface area contributed by atoms with E-state index in [0.717, 1.165) is 31.5 Å². The van der Waals surface area contributed by atoms with Gasteiger partial charge in [-0.3, -0.25) is 4.79 Å². The Bertz CT molecular complexity index is 364. The molecule has 1 aliphatic rings. The average molecular weight is 218 g/mol. The Morgan fingerprint density at radius 2 is 1.81 bits per heavy atom. The highest BCUT2D eigenvalue weighted by Crippen LogP contribution is 2.13. The van der Waals surface area contributed by atoms with Crippen LogP contribution in [-0.2, 0) is 0 Å². The van der Waals surface area contributed by atoms with E-state index in [9.17, 15) is 4.79 Å². The number of nitrogens with zero attached hydrogens (tertiary/aromatic N) is 1. The van der Waals surface area contributed by atoms with Crippen LogP contribution in [0.3, 0.4) is 0 Å². The molecule has 0 aliphatic carbocycles. The molecule has 0 bridgehead atoms. The topological polar surface area (TPSA) is 46.3 Å². The SMILES string of the molecule is Cc1ccc(C(=O)N2CCC(N)CC2)cc1. The van der Waals surface area contributed by atoms with E-state index < -0.39 is 0 Å². The van der Waals surface area contributed by atoms with Crippen molar-refractivity contribution >= 4 is 5.91 Å². The van der Waals surface area contributed by atoms with Gasteiger partial charge in [0.2, 0.25) is 0 Å². The first-order valence-corrected chi connectivity index (χ1v) is 5.78. The zero-order valence-corrected chi connectivity index (χ0v) is 9.65. The predicted molar refractivity (Wildman–Crippen MR) is 64.3 cm³/mol. The third-order valence-corrected chi connectivity index (χ3v) is 3.13. The molecule has 0 unspecified atom stereocenters. The minimum atomic E-state index is 0.131. The van der Waals surface area contributed by atoms with Gasteiger partial charge in [-0.05, 0) is 31.9 Å². The van der Waals surface area contributed by atoms with Gasteiger partial charge in [-0.25, -0.2) is 0 Å². The highest BCUT2D eigenvalue weighted by Gasteiger charge is 2.21. The number of hydrogen-bond acceptors (Lipinski definition) is 2. The summed E-state index contributed by atoms with van der Waals surface area (Å²) < 4.78 is 0. The molecule has 1 amide bonds. The van der Waals surface area contributed by atoms with Crippen molar-refractivity contribution in [3.05, 3.63) is 35.4 Å². The summed E-state index contributed by atoms with van der Waals surface area (Å²) in [6.45, 7) is 3.59. The van der Waals surface area contributed by atoms with Gasteiger partial charge in [-0.15, -0.1) is 0 Å². The highest BCUT2D eigenvalue weighted by atomic mass is 16.2. The number of piperidine rings is 1. The van der Waals surface area contributed by atoms with Crippen molar-refractivity contribution in [1.29, 1.82) is 0 Å². The summed E-state index contributed by atoms with van der Waals surface area (Å²) in [6, 6.07) is 8.01. The minimum absolute atomic E-state index is 0.131. The molecule has 0 atom stereocenters. The van der Waals surface area contributed by atoms with Crippen LogP contribution in [0.4, 0.5) is 0 Å². The summed E-state index contributed by atoms with van der Waals surface area (Å²) in [4.78, 5) is 14.0. The molecule has 2 rings (SSSR count). The average Bonchev–Trinajstić information content (AvgIpc) is 2.30. The van der Waals surface area contributed by atoms with E-state index in [1.807, 2.05) is 36.1 Å². The number of rotatable bonds is 1. The van der Waals surface area contributed by atoms with Crippen molar-refractivity contribution in [2.75, 3.05) is 13.1 Å². The van der Waals surface area contributed by atoms with Crippen LogP contribution in [0.15, 0.2) is 24.3 Å². The van der Waals surface area contributed by atoms with Crippen LogP contribution < -0.4 is 5.73 Å². The van der Waals surface area contributed by atoms with E-state index >= 15 is 0 Å². The third-order valence-electron chi connectivity index (χ3n) is 3.13. The summed E-state index contributed by atoms with van der Waals surface area (Å²) in [6.07, 6.45) is 1.83. The Labute approximate surface area is 96.2 Å². The fourth-order valence-electron chi connectivity index (χ4n) is 1.98. The van der Waals surface area contributed by atoms with Gasteiger partial charge in [0.15, 0.2) is 0 Å². The summed E-state index contributed by atoms with van der Waals surface area (Å²) in [5, 5.41) is 0. The molecule has 1 fully saturated rings. The molecule has 3 nitrogen and oxygen atoms in total. The molecule has 2 N–H and O–H groups in total. The van der Waals surface area contributed by atoms with Crippen molar-refractivity contribution in [3.63, 3.8) is 0 Å². The Morgan fingerprint density at radius 1 is 1.25 bits per heavy atom. The van der Waals surface area contributed by atoms with Crippen LogP contribution in [0.2, 0.25) is 0 Å². The molecule has 1 saturated heterocycles. The molecular weight excluding hydrogens is 200 g/mol. The molecule has 1 aromatic carbocycles. The van der Waals surface area contributed by atoms with Gasteiger partial charge >= 0.3 is 0 Å². The Balaban J connectivity index is 2.05. The molecule has 16 heavy (non-hydrogen) atoms. The number of hydrogen-bond donors (Lipinski definition) is 1. The monoisotopic (exact) mass is 218 g/mol. The maximum atomic E-state index is 12.1. The normalized spacial score (nSPS) is 17.5. The molecule has 3 heteroatoms. The first-order valence-electron chi connectivity index (χ1n) is 5.78. The number of likely N-dealkylation sites (tertiary alicyclic amines) is 1. The van der Waals surface area contributed by atoms with E-state index in [0.29, 0.717) is 0 Å². The smallest absolute Gasteiger partial charge is 0.253 e.